The lowest BCUT2D eigenvalue weighted by atomic mass is 9.85. The quantitative estimate of drug-likeness (QED) is 0.923. The predicted molar refractivity (Wildman–Crippen MR) is 96.3 cm³/mol. The first-order valence-electron chi connectivity index (χ1n) is 9.10. The van der Waals surface area contributed by atoms with Crippen LogP contribution in [-0.4, -0.2) is 50.1 Å². The topological polar surface area (TPSA) is 58.8 Å². The second-order valence-corrected chi connectivity index (χ2v) is 6.99. The van der Waals surface area contributed by atoms with E-state index < -0.39 is 0 Å². The molecule has 1 amide bonds. The van der Waals surface area contributed by atoms with Gasteiger partial charge in [-0.1, -0.05) is 6.42 Å². The van der Waals surface area contributed by atoms with Crippen LogP contribution in [0, 0.1) is 5.92 Å². The fraction of sp³-hybridized carbons (Fsp3) is 0.632. The van der Waals surface area contributed by atoms with Crippen LogP contribution in [0.4, 0.5) is 5.69 Å². The van der Waals surface area contributed by atoms with Crippen molar-refractivity contribution in [2.75, 3.05) is 38.2 Å². The second-order valence-electron chi connectivity index (χ2n) is 6.99. The molecule has 5 nitrogen and oxygen atoms in total. The number of nitrogens with zero attached hydrogens (tertiary/aromatic N) is 2. The molecule has 5 heteroatoms. The number of rotatable bonds is 3. The van der Waals surface area contributed by atoms with Crippen molar-refractivity contribution < 1.29 is 9.53 Å². The van der Waals surface area contributed by atoms with Gasteiger partial charge in [-0.2, -0.15) is 0 Å². The van der Waals surface area contributed by atoms with Crippen LogP contribution in [0.3, 0.4) is 0 Å². The molecule has 0 radical (unpaired) electrons. The number of nitrogens with two attached hydrogens (primary N) is 1. The molecule has 132 valence electrons. The highest BCUT2D eigenvalue weighted by atomic mass is 16.5. The van der Waals surface area contributed by atoms with Crippen LogP contribution in [0.25, 0.3) is 0 Å². The van der Waals surface area contributed by atoms with Crippen LogP contribution in [0.2, 0.25) is 0 Å². The monoisotopic (exact) mass is 331 g/mol. The van der Waals surface area contributed by atoms with Gasteiger partial charge in [0.2, 0.25) is 5.91 Å². The molecule has 1 aromatic rings. The highest BCUT2D eigenvalue weighted by Gasteiger charge is 2.29. The molecular weight excluding hydrogens is 302 g/mol. The van der Waals surface area contributed by atoms with E-state index in [4.69, 9.17) is 10.5 Å². The minimum atomic E-state index is 0.140. The molecule has 0 spiro atoms. The molecule has 24 heavy (non-hydrogen) atoms. The van der Waals surface area contributed by atoms with Crippen LogP contribution in [-0.2, 0) is 4.79 Å². The zero-order valence-corrected chi connectivity index (χ0v) is 14.6. The average molecular weight is 331 g/mol. The van der Waals surface area contributed by atoms with E-state index in [1.54, 1.807) is 7.11 Å². The summed E-state index contributed by atoms with van der Waals surface area (Å²) in [5.74, 6) is 1.34. The highest BCUT2D eigenvalue weighted by molar-refractivity contribution is 5.79. The smallest absolute Gasteiger partial charge is 0.225 e. The van der Waals surface area contributed by atoms with Crippen molar-refractivity contribution in [1.82, 2.24) is 4.90 Å². The average Bonchev–Trinajstić information content (AvgIpc) is 2.87. The van der Waals surface area contributed by atoms with E-state index >= 15 is 0 Å². The van der Waals surface area contributed by atoms with Gasteiger partial charge in [0.1, 0.15) is 5.75 Å². The maximum Gasteiger partial charge on any atom is 0.225 e. The number of ether oxygens (including phenoxy) is 1. The fourth-order valence-corrected chi connectivity index (χ4v) is 3.90. The summed E-state index contributed by atoms with van der Waals surface area (Å²) in [6.07, 6.45) is 5.03. The van der Waals surface area contributed by atoms with Crippen molar-refractivity contribution in [1.29, 1.82) is 0 Å². The normalized spacial score (nSPS) is 25.2. The van der Waals surface area contributed by atoms with Crippen molar-refractivity contribution in [3.8, 4) is 5.75 Å². The first kappa shape index (κ1) is 17.1. The van der Waals surface area contributed by atoms with E-state index in [1.807, 2.05) is 12.1 Å². The number of hydrogen-bond acceptors (Lipinski definition) is 4. The molecule has 1 aromatic carbocycles. The van der Waals surface area contributed by atoms with Gasteiger partial charge >= 0.3 is 0 Å². The lowest BCUT2D eigenvalue weighted by molar-refractivity contribution is -0.136. The van der Waals surface area contributed by atoms with Crippen molar-refractivity contribution in [3.63, 3.8) is 0 Å². The minimum Gasteiger partial charge on any atom is -0.497 e. The Labute approximate surface area is 144 Å². The number of anilines is 1. The van der Waals surface area contributed by atoms with Crippen molar-refractivity contribution >= 4 is 11.6 Å². The standard InChI is InChI=1S/C19H29N3O2/c1-24-18-8-6-17(7-9-18)21-10-3-11-22(13-12-21)19(23)15-4-2-5-16(20)14-15/h6-9,15-16H,2-5,10-14,20H2,1H3/t15-,16+/m0/s1. The SMILES string of the molecule is COc1ccc(N2CCCN(C(=O)[C@H]3CCC[C@@H](N)C3)CC2)cc1. The molecule has 2 atom stereocenters. The molecule has 1 saturated carbocycles. The van der Waals surface area contributed by atoms with Gasteiger partial charge in [-0.3, -0.25) is 4.79 Å². The van der Waals surface area contributed by atoms with E-state index in [2.05, 4.69) is 21.9 Å². The zero-order valence-electron chi connectivity index (χ0n) is 14.6. The van der Waals surface area contributed by atoms with Crippen LogP contribution in [0.5, 0.6) is 5.75 Å². The molecule has 0 bridgehead atoms. The van der Waals surface area contributed by atoms with Gasteiger partial charge in [0.05, 0.1) is 7.11 Å². The molecule has 1 aliphatic carbocycles. The van der Waals surface area contributed by atoms with Gasteiger partial charge in [-0.25, -0.2) is 0 Å². The molecule has 2 fully saturated rings. The molecule has 0 aromatic heterocycles. The summed E-state index contributed by atoms with van der Waals surface area (Å²) in [6.45, 7) is 3.53. The molecule has 1 heterocycles. The maximum absolute atomic E-state index is 12.8. The number of methoxy groups -OCH3 is 1. The predicted octanol–water partition coefficient (Wildman–Crippen LogP) is 2.25. The highest BCUT2D eigenvalue weighted by Crippen LogP contribution is 2.26. The number of amides is 1. The Bertz CT molecular complexity index is 546. The Morgan fingerprint density at radius 3 is 2.58 bits per heavy atom. The lowest BCUT2D eigenvalue weighted by Gasteiger charge is -2.31. The van der Waals surface area contributed by atoms with Gasteiger partial charge in [0.15, 0.2) is 0 Å². The number of carbonyl (C=O) groups excluding carboxylic acids is 1. The third-order valence-corrected chi connectivity index (χ3v) is 5.31. The van der Waals surface area contributed by atoms with Crippen LogP contribution >= 0.6 is 0 Å². The summed E-state index contributed by atoms with van der Waals surface area (Å²) in [5.41, 5.74) is 7.25. The third-order valence-electron chi connectivity index (χ3n) is 5.31. The Kier molecular flexibility index (Phi) is 5.61. The third kappa shape index (κ3) is 4.01. The largest absolute Gasteiger partial charge is 0.497 e. The van der Waals surface area contributed by atoms with Crippen LogP contribution < -0.4 is 15.4 Å². The van der Waals surface area contributed by atoms with Crippen molar-refractivity contribution in [3.05, 3.63) is 24.3 Å². The van der Waals surface area contributed by atoms with Gasteiger partial charge in [0, 0.05) is 43.8 Å². The Hall–Kier alpha value is -1.75. The lowest BCUT2D eigenvalue weighted by Crippen LogP contribution is -2.42. The zero-order chi connectivity index (χ0) is 16.9. The summed E-state index contributed by atoms with van der Waals surface area (Å²) in [7, 11) is 1.68. The van der Waals surface area contributed by atoms with Crippen LogP contribution in [0.1, 0.15) is 32.1 Å². The first-order valence-corrected chi connectivity index (χ1v) is 9.10. The summed E-state index contributed by atoms with van der Waals surface area (Å²) < 4.78 is 5.22. The van der Waals surface area contributed by atoms with E-state index in [0.29, 0.717) is 5.91 Å². The van der Waals surface area contributed by atoms with E-state index in [-0.39, 0.29) is 12.0 Å². The molecule has 0 unspecified atom stereocenters. The second kappa shape index (κ2) is 7.88. The summed E-state index contributed by atoms with van der Waals surface area (Å²) >= 11 is 0. The molecular formula is C19H29N3O2. The molecule has 2 aliphatic rings. The van der Waals surface area contributed by atoms with Crippen LogP contribution in [0.15, 0.2) is 24.3 Å². The summed E-state index contributed by atoms with van der Waals surface area (Å²) in [4.78, 5) is 17.2. The van der Waals surface area contributed by atoms with Gasteiger partial charge < -0.3 is 20.3 Å². The summed E-state index contributed by atoms with van der Waals surface area (Å²) in [6, 6.07) is 8.38. The van der Waals surface area contributed by atoms with E-state index in [1.165, 1.54) is 5.69 Å². The van der Waals surface area contributed by atoms with E-state index in [9.17, 15) is 4.79 Å². The number of carbonyl (C=O) groups is 1. The minimum absolute atomic E-state index is 0.140. The van der Waals surface area contributed by atoms with E-state index in [0.717, 1.165) is 64.0 Å². The maximum atomic E-state index is 12.8. The fourth-order valence-electron chi connectivity index (χ4n) is 3.90. The molecule has 1 aliphatic heterocycles. The molecule has 3 rings (SSSR count). The number of hydrogen-bond donors (Lipinski definition) is 1. The molecule has 1 saturated heterocycles. The first-order chi connectivity index (χ1) is 11.7. The number of benzene rings is 1. The van der Waals surface area contributed by atoms with Gasteiger partial charge in [-0.15, -0.1) is 0 Å². The van der Waals surface area contributed by atoms with Crippen molar-refractivity contribution in [2.45, 2.75) is 38.1 Å². The van der Waals surface area contributed by atoms with Crippen molar-refractivity contribution in [2.24, 2.45) is 11.7 Å². The Balaban J connectivity index is 1.58. The Morgan fingerprint density at radius 2 is 1.88 bits per heavy atom. The summed E-state index contributed by atoms with van der Waals surface area (Å²) in [5, 5.41) is 0. The van der Waals surface area contributed by atoms with Gasteiger partial charge in [0.25, 0.3) is 0 Å². The van der Waals surface area contributed by atoms with Gasteiger partial charge in [-0.05, 0) is 49.9 Å². The molecule has 2 N–H and O–H groups in total. The Morgan fingerprint density at radius 1 is 1.08 bits per heavy atom.